The fraction of sp³-hybridized carbons (Fsp3) is 0.231. The van der Waals surface area contributed by atoms with Gasteiger partial charge in [-0.1, -0.05) is 6.07 Å². The highest BCUT2D eigenvalue weighted by Gasteiger charge is 2.14. The lowest BCUT2D eigenvalue weighted by Gasteiger charge is -2.08. The minimum atomic E-state index is -0.627. The number of methoxy groups -OCH3 is 1. The van der Waals surface area contributed by atoms with E-state index in [1.54, 1.807) is 26.3 Å². The Hall–Kier alpha value is -2.70. The number of aryl methyl sites for hydroxylation is 1. The summed E-state index contributed by atoms with van der Waals surface area (Å²) in [6.07, 6.45) is 2.14. The predicted octanol–water partition coefficient (Wildman–Crippen LogP) is 0.461. The molecule has 0 spiro atoms. The normalized spacial score (nSPS) is 10.3. The smallest absolute Gasteiger partial charge is 0.254 e. The van der Waals surface area contributed by atoms with Gasteiger partial charge in [0.2, 0.25) is 5.88 Å². The van der Waals surface area contributed by atoms with Crippen molar-refractivity contribution in [3.63, 3.8) is 0 Å². The number of rotatable bonds is 4. The number of amides is 1. The number of carbonyl (C=O) groups is 1. The van der Waals surface area contributed by atoms with Crippen molar-refractivity contribution in [2.45, 2.75) is 13.3 Å². The molecule has 2 heterocycles. The second kappa shape index (κ2) is 5.52. The molecule has 4 N–H and O–H groups in total. The number of nitrogens with zero attached hydrogens (tertiary/aromatic N) is 3. The first kappa shape index (κ1) is 13.7. The van der Waals surface area contributed by atoms with Crippen molar-refractivity contribution >= 4 is 11.7 Å². The first-order valence-electron chi connectivity index (χ1n) is 5.93. The van der Waals surface area contributed by atoms with E-state index < -0.39 is 5.91 Å². The molecule has 7 nitrogen and oxygen atoms in total. The Labute approximate surface area is 116 Å². The molecule has 0 fully saturated rings. The van der Waals surface area contributed by atoms with Crippen LogP contribution in [0.1, 0.15) is 27.4 Å². The summed E-state index contributed by atoms with van der Waals surface area (Å²) in [7, 11) is 1.55. The van der Waals surface area contributed by atoms with Crippen molar-refractivity contribution < 1.29 is 9.53 Å². The van der Waals surface area contributed by atoms with Crippen molar-refractivity contribution in [2.75, 3.05) is 12.8 Å². The van der Waals surface area contributed by atoms with E-state index in [-0.39, 0.29) is 11.4 Å². The maximum absolute atomic E-state index is 11.2. The van der Waals surface area contributed by atoms with Gasteiger partial charge in [-0.25, -0.2) is 15.0 Å². The number of anilines is 1. The molecule has 0 atom stereocenters. The van der Waals surface area contributed by atoms with Gasteiger partial charge in [0.25, 0.3) is 5.91 Å². The van der Waals surface area contributed by atoms with Crippen LogP contribution in [0.2, 0.25) is 0 Å². The molecule has 0 radical (unpaired) electrons. The molecule has 0 aromatic carbocycles. The SMILES string of the molecule is COc1ccc(Cc2nc(C)c(C(N)=O)c(N)n2)cn1. The molecule has 1 amide bonds. The molecule has 7 heteroatoms. The summed E-state index contributed by atoms with van der Waals surface area (Å²) in [5.74, 6) is 0.519. The van der Waals surface area contributed by atoms with Gasteiger partial charge in [0.1, 0.15) is 17.2 Å². The van der Waals surface area contributed by atoms with Crippen molar-refractivity contribution in [3.05, 3.63) is 41.0 Å². The van der Waals surface area contributed by atoms with Crippen molar-refractivity contribution in [2.24, 2.45) is 5.73 Å². The number of carbonyl (C=O) groups excluding carboxylic acids is 1. The summed E-state index contributed by atoms with van der Waals surface area (Å²) in [5.41, 5.74) is 12.5. The van der Waals surface area contributed by atoms with Gasteiger partial charge in [-0.05, 0) is 12.5 Å². The number of pyridine rings is 1. The molecule has 0 aliphatic carbocycles. The Bertz CT molecular complexity index is 617. The zero-order valence-corrected chi connectivity index (χ0v) is 11.3. The van der Waals surface area contributed by atoms with E-state index in [1.165, 1.54) is 0 Å². The molecule has 2 aromatic heterocycles. The first-order valence-corrected chi connectivity index (χ1v) is 5.93. The van der Waals surface area contributed by atoms with E-state index >= 15 is 0 Å². The molecule has 0 bridgehead atoms. The number of hydrogen-bond donors (Lipinski definition) is 2. The van der Waals surface area contributed by atoms with E-state index in [0.717, 1.165) is 5.56 Å². The van der Waals surface area contributed by atoms with Crippen molar-refractivity contribution in [1.82, 2.24) is 15.0 Å². The molecule has 0 saturated carbocycles. The molecule has 0 unspecified atom stereocenters. The molecule has 0 aliphatic rings. The summed E-state index contributed by atoms with van der Waals surface area (Å²) in [4.78, 5) is 23.7. The molecule has 0 saturated heterocycles. The zero-order chi connectivity index (χ0) is 14.7. The van der Waals surface area contributed by atoms with E-state index in [1.807, 2.05) is 6.07 Å². The van der Waals surface area contributed by atoms with Crippen molar-refractivity contribution in [3.8, 4) is 5.88 Å². The average molecular weight is 273 g/mol. The van der Waals surface area contributed by atoms with E-state index in [4.69, 9.17) is 16.2 Å². The van der Waals surface area contributed by atoms with Gasteiger partial charge in [-0.2, -0.15) is 0 Å². The van der Waals surface area contributed by atoms with Gasteiger partial charge in [0.15, 0.2) is 0 Å². The molecule has 2 rings (SSSR count). The summed E-state index contributed by atoms with van der Waals surface area (Å²) in [6, 6.07) is 3.62. The van der Waals surface area contributed by atoms with Gasteiger partial charge in [-0.15, -0.1) is 0 Å². The van der Waals surface area contributed by atoms with E-state index in [9.17, 15) is 4.79 Å². The van der Waals surface area contributed by atoms with Crippen LogP contribution in [0.5, 0.6) is 5.88 Å². The molecule has 2 aromatic rings. The van der Waals surface area contributed by atoms with Crippen LogP contribution in [0.4, 0.5) is 5.82 Å². The minimum absolute atomic E-state index is 0.0986. The maximum Gasteiger partial charge on any atom is 0.254 e. The highest BCUT2D eigenvalue weighted by atomic mass is 16.5. The second-order valence-corrected chi connectivity index (χ2v) is 4.24. The first-order chi connectivity index (χ1) is 9.51. The Kier molecular flexibility index (Phi) is 3.79. The monoisotopic (exact) mass is 273 g/mol. The molecular weight excluding hydrogens is 258 g/mol. The third-order valence-electron chi connectivity index (χ3n) is 2.78. The average Bonchev–Trinajstić information content (AvgIpc) is 2.38. The third kappa shape index (κ3) is 2.82. The maximum atomic E-state index is 11.2. The van der Waals surface area contributed by atoms with Crippen LogP contribution in [-0.4, -0.2) is 28.0 Å². The van der Waals surface area contributed by atoms with Crippen LogP contribution in [0.15, 0.2) is 18.3 Å². The topological polar surface area (TPSA) is 117 Å². The number of ether oxygens (including phenoxy) is 1. The quantitative estimate of drug-likeness (QED) is 0.835. The van der Waals surface area contributed by atoms with Gasteiger partial charge < -0.3 is 16.2 Å². The Balaban J connectivity index is 2.27. The standard InChI is InChI=1S/C13H15N5O2/c1-7-11(13(15)19)12(14)18-9(17-7)5-8-3-4-10(20-2)16-6-8/h3-4,6H,5H2,1-2H3,(H2,15,19)(H2,14,17,18). The van der Waals surface area contributed by atoms with Crippen LogP contribution in [-0.2, 0) is 6.42 Å². The Morgan fingerprint density at radius 2 is 2.10 bits per heavy atom. The molecular formula is C13H15N5O2. The van der Waals surface area contributed by atoms with Crippen LogP contribution in [0.3, 0.4) is 0 Å². The third-order valence-corrected chi connectivity index (χ3v) is 2.78. The lowest BCUT2D eigenvalue weighted by atomic mass is 10.1. The van der Waals surface area contributed by atoms with Gasteiger partial charge in [0, 0.05) is 18.7 Å². The minimum Gasteiger partial charge on any atom is -0.481 e. The van der Waals surface area contributed by atoms with E-state index in [0.29, 0.717) is 23.8 Å². The summed E-state index contributed by atoms with van der Waals surface area (Å²) < 4.78 is 4.99. The summed E-state index contributed by atoms with van der Waals surface area (Å²) >= 11 is 0. The number of primary amides is 1. The van der Waals surface area contributed by atoms with Gasteiger partial charge in [0.05, 0.1) is 12.8 Å². The fourth-order valence-corrected chi connectivity index (χ4v) is 1.86. The van der Waals surface area contributed by atoms with Crippen molar-refractivity contribution in [1.29, 1.82) is 0 Å². The number of aromatic nitrogens is 3. The number of nitrogen functional groups attached to an aromatic ring is 1. The Morgan fingerprint density at radius 3 is 2.60 bits per heavy atom. The largest absolute Gasteiger partial charge is 0.481 e. The second-order valence-electron chi connectivity index (χ2n) is 4.24. The lowest BCUT2D eigenvalue weighted by Crippen LogP contribution is -2.18. The number of hydrogen-bond acceptors (Lipinski definition) is 6. The van der Waals surface area contributed by atoms with E-state index in [2.05, 4.69) is 15.0 Å². The highest BCUT2D eigenvalue weighted by Crippen LogP contribution is 2.15. The Morgan fingerprint density at radius 1 is 1.35 bits per heavy atom. The molecule has 104 valence electrons. The zero-order valence-electron chi connectivity index (χ0n) is 11.3. The van der Waals surface area contributed by atoms with Crippen LogP contribution in [0, 0.1) is 6.92 Å². The highest BCUT2D eigenvalue weighted by molar-refractivity contribution is 5.98. The number of nitrogens with two attached hydrogens (primary N) is 2. The van der Waals surface area contributed by atoms with Gasteiger partial charge in [-0.3, -0.25) is 4.79 Å². The molecule has 0 aliphatic heterocycles. The summed E-state index contributed by atoms with van der Waals surface area (Å²) in [5, 5.41) is 0. The molecule has 20 heavy (non-hydrogen) atoms. The van der Waals surface area contributed by atoms with Gasteiger partial charge >= 0.3 is 0 Å². The lowest BCUT2D eigenvalue weighted by molar-refractivity contribution is 0.1000. The predicted molar refractivity (Wildman–Crippen MR) is 73.3 cm³/mol. The van der Waals surface area contributed by atoms with Crippen LogP contribution < -0.4 is 16.2 Å². The van der Waals surface area contributed by atoms with Crippen LogP contribution in [0.25, 0.3) is 0 Å². The summed E-state index contributed by atoms with van der Waals surface area (Å²) in [6.45, 7) is 1.67. The van der Waals surface area contributed by atoms with Crippen LogP contribution >= 0.6 is 0 Å². The fourth-order valence-electron chi connectivity index (χ4n) is 1.86.